The van der Waals surface area contributed by atoms with Crippen molar-refractivity contribution in [1.29, 1.82) is 0 Å². The summed E-state index contributed by atoms with van der Waals surface area (Å²) in [5.41, 5.74) is 5.65. The lowest BCUT2D eigenvalue weighted by Gasteiger charge is -2.22. The number of aromatic amines is 1. The lowest BCUT2D eigenvalue weighted by molar-refractivity contribution is -0.125. The number of fused-ring (bicyclic) bond motifs is 1. The summed E-state index contributed by atoms with van der Waals surface area (Å²) in [4.78, 5) is 35.5. The van der Waals surface area contributed by atoms with E-state index in [4.69, 9.17) is 19.5 Å². The second-order valence-electron chi connectivity index (χ2n) is 6.39. The van der Waals surface area contributed by atoms with Crippen LogP contribution in [-0.4, -0.2) is 51.0 Å². The number of nitrogens with two attached hydrogens (primary N) is 1. The lowest BCUT2D eigenvalue weighted by Crippen LogP contribution is -2.28. The molecule has 0 fully saturated rings. The van der Waals surface area contributed by atoms with E-state index in [-0.39, 0.29) is 54.1 Å². The Labute approximate surface area is 166 Å². The van der Waals surface area contributed by atoms with Gasteiger partial charge in [-0.15, -0.1) is 0 Å². The number of nitrogen functional groups attached to an aromatic ring is 1. The van der Waals surface area contributed by atoms with Crippen molar-refractivity contribution in [1.82, 2.24) is 19.5 Å². The van der Waals surface area contributed by atoms with E-state index in [1.807, 2.05) is 6.92 Å². The highest BCUT2D eigenvalue weighted by atomic mass is 31.2. The molecule has 0 amide bonds. The summed E-state index contributed by atoms with van der Waals surface area (Å²) < 4.78 is 30.2. The van der Waals surface area contributed by atoms with Crippen LogP contribution in [0.2, 0.25) is 0 Å². The molecule has 2 heterocycles. The largest absolute Gasteiger partial charge is 0.369 e. The highest BCUT2D eigenvalue weighted by Crippen LogP contribution is 2.49. The van der Waals surface area contributed by atoms with Crippen LogP contribution in [0.4, 0.5) is 5.95 Å². The Bertz CT molecular complexity index is 1030. The number of hydrogen-bond acceptors (Lipinski definition) is 9. The smallest absolute Gasteiger partial charge is 0.356 e. The average molecular weight is 425 g/mol. The Morgan fingerprint density at radius 3 is 2.55 bits per heavy atom. The summed E-state index contributed by atoms with van der Waals surface area (Å²) in [6.07, 6.45) is 2.49. The van der Waals surface area contributed by atoms with Crippen molar-refractivity contribution in [3.63, 3.8) is 0 Å². The third-order valence-corrected chi connectivity index (χ3v) is 6.26. The van der Waals surface area contributed by atoms with Crippen molar-refractivity contribution in [2.24, 2.45) is 5.92 Å². The second-order valence-corrected chi connectivity index (χ2v) is 8.39. The van der Waals surface area contributed by atoms with Gasteiger partial charge in [-0.3, -0.25) is 23.7 Å². The Hall–Kier alpha value is -2.33. The number of aromatic nitrogens is 4. The molecule has 0 saturated heterocycles. The number of rotatable bonds is 9. The van der Waals surface area contributed by atoms with Crippen LogP contribution in [0.25, 0.3) is 16.9 Å². The number of Topliss-reactive ketones (excluding diaryl/α,β-unsaturated/α-hetero) is 1. The maximum absolute atomic E-state index is 13.1. The molecule has 0 radical (unpaired) electrons. The Morgan fingerprint density at radius 1 is 1.24 bits per heavy atom. The van der Waals surface area contributed by atoms with Gasteiger partial charge in [0.05, 0.1) is 18.9 Å². The molecule has 1 aliphatic carbocycles. The van der Waals surface area contributed by atoms with E-state index in [0.29, 0.717) is 6.42 Å². The van der Waals surface area contributed by atoms with Crippen molar-refractivity contribution in [2.75, 3.05) is 25.3 Å². The number of carbonyl (C=O) groups is 1. The molecule has 0 spiro atoms. The molecule has 2 aromatic rings. The zero-order chi connectivity index (χ0) is 21.2. The molecule has 0 saturated carbocycles. The van der Waals surface area contributed by atoms with E-state index in [0.717, 1.165) is 0 Å². The minimum Gasteiger partial charge on any atom is -0.369 e. The zero-order valence-electron chi connectivity index (χ0n) is 16.5. The molecule has 0 aromatic carbocycles. The standard InChI is InChI=1S/C17H24N5O6P/c1-4-10-7-11(22-8-19-12-15(22)20-17(18)21-16(12)24)13(23)14(10)26-9-29(25,27-5-2)28-6-3/h7-8,10,14H,4-6,9H2,1-3H3,(H3,18,20,21,24). The Balaban J connectivity index is 1.88. The molecule has 0 aliphatic heterocycles. The van der Waals surface area contributed by atoms with Crippen molar-refractivity contribution in [2.45, 2.75) is 33.3 Å². The highest BCUT2D eigenvalue weighted by molar-refractivity contribution is 7.53. The van der Waals surface area contributed by atoms with Crippen LogP contribution in [0.3, 0.4) is 0 Å². The first-order valence-electron chi connectivity index (χ1n) is 9.32. The fraction of sp³-hybridized carbons (Fsp3) is 0.529. The summed E-state index contributed by atoms with van der Waals surface area (Å²) >= 11 is 0. The number of carbonyl (C=O) groups excluding carboxylic acids is 1. The van der Waals surface area contributed by atoms with E-state index in [2.05, 4.69) is 15.0 Å². The second kappa shape index (κ2) is 8.58. The molecule has 2 aromatic heterocycles. The molecule has 12 heteroatoms. The lowest BCUT2D eigenvalue weighted by atomic mass is 10.0. The van der Waals surface area contributed by atoms with E-state index >= 15 is 0 Å². The number of nitrogens with zero attached hydrogens (tertiary/aromatic N) is 3. The van der Waals surface area contributed by atoms with Crippen LogP contribution in [0.5, 0.6) is 0 Å². The van der Waals surface area contributed by atoms with Crippen LogP contribution >= 0.6 is 7.60 Å². The van der Waals surface area contributed by atoms with Crippen molar-refractivity contribution in [3.8, 4) is 0 Å². The first kappa shape index (κ1) is 21.4. The minimum atomic E-state index is -3.46. The van der Waals surface area contributed by atoms with Gasteiger partial charge in [0.15, 0.2) is 11.2 Å². The van der Waals surface area contributed by atoms with Crippen LogP contribution in [-0.2, 0) is 23.1 Å². The first-order valence-corrected chi connectivity index (χ1v) is 11.0. The highest BCUT2D eigenvalue weighted by Gasteiger charge is 2.39. The molecular weight excluding hydrogens is 401 g/mol. The maximum Gasteiger partial charge on any atom is 0.356 e. The number of hydrogen-bond donors (Lipinski definition) is 2. The van der Waals surface area contributed by atoms with Gasteiger partial charge >= 0.3 is 7.60 Å². The Kier molecular flexibility index (Phi) is 6.33. The van der Waals surface area contributed by atoms with Crippen molar-refractivity contribution in [3.05, 3.63) is 22.8 Å². The van der Waals surface area contributed by atoms with Crippen molar-refractivity contribution < 1.29 is 23.1 Å². The van der Waals surface area contributed by atoms with Gasteiger partial charge in [-0.1, -0.05) is 13.0 Å². The third kappa shape index (κ3) is 4.18. The van der Waals surface area contributed by atoms with E-state index in [9.17, 15) is 14.2 Å². The fourth-order valence-corrected chi connectivity index (χ4v) is 4.58. The van der Waals surface area contributed by atoms with Crippen LogP contribution in [0.15, 0.2) is 17.2 Å². The predicted octanol–water partition coefficient (Wildman–Crippen LogP) is 1.76. The van der Waals surface area contributed by atoms with E-state index < -0.39 is 19.3 Å². The van der Waals surface area contributed by atoms with Crippen LogP contribution < -0.4 is 11.3 Å². The van der Waals surface area contributed by atoms with Crippen LogP contribution in [0, 0.1) is 5.92 Å². The Morgan fingerprint density at radius 2 is 1.93 bits per heavy atom. The predicted molar refractivity (Wildman–Crippen MR) is 106 cm³/mol. The summed E-state index contributed by atoms with van der Waals surface area (Å²) in [6.45, 7) is 5.70. The molecule has 3 rings (SSSR count). The number of nitrogens with one attached hydrogen (secondary N) is 1. The zero-order valence-corrected chi connectivity index (χ0v) is 17.3. The minimum absolute atomic E-state index is 0.0718. The molecule has 0 bridgehead atoms. The van der Waals surface area contributed by atoms with E-state index in [1.165, 1.54) is 10.9 Å². The quantitative estimate of drug-likeness (QED) is 0.572. The molecular formula is C17H24N5O6P. The maximum atomic E-state index is 13.1. The number of ketones is 1. The van der Waals surface area contributed by atoms with Gasteiger partial charge in [0, 0.05) is 5.92 Å². The first-order chi connectivity index (χ1) is 13.8. The normalized spacial score (nSPS) is 19.8. The van der Waals surface area contributed by atoms with Gasteiger partial charge in [0.1, 0.15) is 18.8 Å². The topological polar surface area (TPSA) is 151 Å². The summed E-state index contributed by atoms with van der Waals surface area (Å²) in [6, 6.07) is 0. The number of anilines is 1. The van der Waals surface area contributed by atoms with Gasteiger partial charge < -0.3 is 19.5 Å². The monoisotopic (exact) mass is 425 g/mol. The summed E-state index contributed by atoms with van der Waals surface area (Å²) in [5, 5.41) is 0. The summed E-state index contributed by atoms with van der Waals surface area (Å²) in [7, 11) is -3.46. The fourth-order valence-electron chi connectivity index (χ4n) is 3.22. The number of ether oxygens (including phenoxy) is 1. The average Bonchev–Trinajstić information content (AvgIpc) is 3.21. The van der Waals surface area contributed by atoms with Gasteiger partial charge in [-0.2, -0.15) is 4.98 Å². The summed E-state index contributed by atoms with van der Waals surface area (Å²) in [5.74, 6) is -0.674. The third-order valence-electron chi connectivity index (χ3n) is 4.49. The van der Waals surface area contributed by atoms with E-state index in [1.54, 1.807) is 19.9 Å². The van der Waals surface area contributed by atoms with Crippen molar-refractivity contribution >= 4 is 36.2 Å². The number of H-pyrrole nitrogens is 1. The van der Waals surface area contributed by atoms with Gasteiger partial charge in [-0.05, 0) is 20.3 Å². The molecule has 3 N–H and O–H groups in total. The number of imidazole rings is 1. The molecule has 1 aliphatic rings. The van der Waals surface area contributed by atoms with Gasteiger partial charge in [-0.25, -0.2) is 4.98 Å². The molecule has 11 nitrogen and oxygen atoms in total. The molecule has 29 heavy (non-hydrogen) atoms. The molecule has 158 valence electrons. The molecule has 2 unspecified atom stereocenters. The van der Waals surface area contributed by atoms with Gasteiger partial charge in [0.25, 0.3) is 5.56 Å². The van der Waals surface area contributed by atoms with Gasteiger partial charge in [0.2, 0.25) is 11.7 Å². The van der Waals surface area contributed by atoms with Crippen LogP contribution in [0.1, 0.15) is 27.2 Å². The SMILES string of the molecule is CCOP(=O)(COC1C(=O)C(n2cnc3c(=O)[nH]c(N)nc32)=CC1CC)OCC. The molecule has 2 atom stereocenters.